The van der Waals surface area contributed by atoms with Crippen LogP contribution in [0.15, 0.2) is 11.9 Å². The number of unbranched alkanes of at least 4 members (excludes halogenated alkanes) is 1. The third-order valence-corrected chi connectivity index (χ3v) is 0.993. The molecule has 3 heteroatoms. The van der Waals surface area contributed by atoms with Gasteiger partial charge in [-0.25, -0.2) is 4.79 Å². The lowest BCUT2D eigenvalue weighted by atomic mass is 10.3. The van der Waals surface area contributed by atoms with Crippen molar-refractivity contribution >= 4 is 5.97 Å². The molecule has 0 rings (SSSR count). The zero-order chi connectivity index (χ0) is 7.98. The first-order valence-corrected chi connectivity index (χ1v) is 3.16. The largest absolute Gasteiger partial charge is 0.464 e. The van der Waals surface area contributed by atoms with Crippen molar-refractivity contribution in [3.8, 4) is 0 Å². The zero-order valence-corrected chi connectivity index (χ0v) is 6.19. The normalized spacial score (nSPS) is 11.3. The zero-order valence-electron chi connectivity index (χ0n) is 6.19. The van der Waals surface area contributed by atoms with Gasteiger partial charge in [-0.3, -0.25) is 0 Å². The van der Waals surface area contributed by atoms with Crippen LogP contribution < -0.4 is 0 Å². The number of rotatable bonds is 3. The van der Waals surface area contributed by atoms with Gasteiger partial charge in [-0.05, 0) is 12.5 Å². The van der Waals surface area contributed by atoms with Crippen molar-refractivity contribution in [1.29, 1.82) is 0 Å². The molecule has 2 nitrogen and oxygen atoms in total. The molecule has 0 saturated heterocycles. The molecule has 10 heavy (non-hydrogen) atoms. The lowest BCUT2D eigenvalue weighted by Gasteiger charge is -1.92. The molecule has 0 N–H and O–H groups in total. The minimum absolute atomic E-state index is 0.570. The highest BCUT2D eigenvalue weighted by Crippen LogP contribution is 2.01. The van der Waals surface area contributed by atoms with Gasteiger partial charge in [0.25, 0.3) is 0 Å². The molecule has 58 valence electrons. The van der Waals surface area contributed by atoms with Gasteiger partial charge in [-0.1, -0.05) is 13.3 Å². The molecule has 0 saturated carbocycles. The molecule has 0 radical (unpaired) electrons. The molecule has 0 unspecified atom stereocenters. The number of ether oxygens (including phenoxy) is 1. The summed E-state index contributed by atoms with van der Waals surface area (Å²) in [5, 5.41) is 0. The van der Waals surface area contributed by atoms with E-state index in [1.807, 2.05) is 6.92 Å². The minimum Gasteiger partial charge on any atom is -0.464 e. The Morgan fingerprint density at radius 3 is 2.70 bits per heavy atom. The fourth-order valence-electron chi connectivity index (χ4n) is 0.452. The number of carbonyl (C=O) groups excluding carboxylic acids is 1. The van der Waals surface area contributed by atoms with Gasteiger partial charge in [0, 0.05) is 0 Å². The summed E-state index contributed by atoms with van der Waals surface area (Å²) in [6.45, 7) is 1.90. The molecule has 0 aliphatic carbocycles. The highest BCUT2D eigenvalue weighted by Gasteiger charge is 2.05. The highest BCUT2D eigenvalue weighted by atomic mass is 19.1. The van der Waals surface area contributed by atoms with Gasteiger partial charge in [0.05, 0.1) is 7.11 Å². The smallest absolute Gasteiger partial charge is 0.366 e. The van der Waals surface area contributed by atoms with Gasteiger partial charge in [0.1, 0.15) is 0 Å². The Kier molecular flexibility index (Phi) is 4.54. The summed E-state index contributed by atoms with van der Waals surface area (Å²) < 4.78 is 16.5. The maximum absolute atomic E-state index is 12.4. The number of esters is 1. The quantitative estimate of drug-likeness (QED) is 0.448. The number of allylic oxidation sites excluding steroid dienone is 1. The van der Waals surface area contributed by atoms with E-state index in [1.165, 1.54) is 6.08 Å². The molecule has 0 aliphatic rings. The van der Waals surface area contributed by atoms with E-state index in [0.29, 0.717) is 6.42 Å². The summed E-state index contributed by atoms with van der Waals surface area (Å²) in [5.41, 5.74) is 0. The summed E-state index contributed by atoms with van der Waals surface area (Å²) in [5.74, 6) is -1.70. The van der Waals surface area contributed by atoms with Crippen LogP contribution in [0.4, 0.5) is 4.39 Å². The topological polar surface area (TPSA) is 26.3 Å². The molecule has 0 amide bonds. The lowest BCUT2D eigenvalue weighted by Crippen LogP contribution is -1.99. The van der Waals surface area contributed by atoms with Crippen molar-refractivity contribution in [2.24, 2.45) is 0 Å². The Hall–Kier alpha value is -0.860. The summed E-state index contributed by atoms with van der Waals surface area (Å²) in [6, 6.07) is 0. The summed E-state index contributed by atoms with van der Waals surface area (Å²) in [7, 11) is 1.15. The second kappa shape index (κ2) is 4.97. The highest BCUT2D eigenvalue weighted by molar-refractivity contribution is 5.85. The van der Waals surface area contributed by atoms with Gasteiger partial charge < -0.3 is 4.74 Å². The van der Waals surface area contributed by atoms with Crippen LogP contribution in [0.1, 0.15) is 19.8 Å². The Labute approximate surface area is 59.7 Å². The van der Waals surface area contributed by atoms with E-state index in [1.54, 1.807) is 0 Å². The molecule has 0 aromatic rings. The van der Waals surface area contributed by atoms with Crippen molar-refractivity contribution in [3.05, 3.63) is 11.9 Å². The van der Waals surface area contributed by atoms with Crippen LogP contribution in [0.25, 0.3) is 0 Å². The van der Waals surface area contributed by atoms with E-state index in [2.05, 4.69) is 4.74 Å². The van der Waals surface area contributed by atoms with Crippen molar-refractivity contribution in [3.63, 3.8) is 0 Å². The van der Waals surface area contributed by atoms with Crippen LogP contribution in [0.5, 0.6) is 0 Å². The van der Waals surface area contributed by atoms with Gasteiger partial charge in [-0.2, -0.15) is 4.39 Å². The second-order valence-electron chi connectivity index (χ2n) is 1.83. The molecular weight excluding hydrogens is 135 g/mol. The second-order valence-corrected chi connectivity index (χ2v) is 1.83. The third kappa shape index (κ3) is 3.22. The Morgan fingerprint density at radius 1 is 1.70 bits per heavy atom. The van der Waals surface area contributed by atoms with Crippen LogP contribution >= 0.6 is 0 Å². The number of hydrogen-bond donors (Lipinski definition) is 0. The first kappa shape index (κ1) is 9.14. The van der Waals surface area contributed by atoms with Crippen LogP contribution in [0.3, 0.4) is 0 Å². The average Bonchev–Trinajstić information content (AvgIpc) is 1.98. The van der Waals surface area contributed by atoms with Gasteiger partial charge in [0.2, 0.25) is 5.83 Å². The van der Waals surface area contributed by atoms with Crippen LogP contribution in [-0.4, -0.2) is 13.1 Å². The Morgan fingerprint density at radius 2 is 2.30 bits per heavy atom. The van der Waals surface area contributed by atoms with E-state index in [9.17, 15) is 9.18 Å². The van der Waals surface area contributed by atoms with Crippen molar-refractivity contribution in [2.75, 3.05) is 7.11 Å². The maximum Gasteiger partial charge on any atom is 0.366 e. The molecule has 0 aromatic heterocycles. The number of halogens is 1. The summed E-state index contributed by atoms with van der Waals surface area (Å²) >= 11 is 0. The van der Waals surface area contributed by atoms with Crippen LogP contribution in [0, 0.1) is 0 Å². The molecule has 0 aromatic carbocycles. The third-order valence-electron chi connectivity index (χ3n) is 0.993. The summed E-state index contributed by atoms with van der Waals surface area (Å²) in [4.78, 5) is 10.4. The van der Waals surface area contributed by atoms with E-state index in [0.717, 1.165) is 13.5 Å². The predicted molar refractivity (Wildman–Crippen MR) is 36.1 cm³/mol. The van der Waals surface area contributed by atoms with Gasteiger partial charge in [-0.15, -0.1) is 0 Å². The van der Waals surface area contributed by atoms with E-state index >= 15 is 0 Å². The van der Waals surface area contributed by atoms with Crippen molar-refractivity contribution in [1.82, 2.24) is 0 Å². The molecule has 0 bridgehead atoms. The van der Waals surface area contributed by atoms with Crippen molar-refractivity contribution < 1.29 is 13.9 Å². The van der Waals surface area contributed by atoms with Gasteiger partial charge >= 0.3 is 5.97 Å². The van der Waals surface area contributed by atoms with E-state index in [4.69, 9.17) is 0 Å². The fraction of sp³-hybridized carbons (Fsp3) is 0.571. The standard InChI is InChI=1S/C7H11FO2/c1-3-4-5-6(8)7(9)10-2/h5H,3-4H2,1-2H3/b6-5-. The monoisotopic (exact) mass is 146 g/mol. The first-order valence-electron chi connectivity index (χ1n) is 3.16. The molecule has 0 aliphatic heterocycles. The molecule has 0 atom stereocenters. The molecule has 0 fully saturated rings. The average molecular weight is 146 g/mol. The van der Waals surface area contributed by atoms with Gasteiger partial charge in [0.15, 0.2) is 0 Å². The van der Waals surface area contributed by atoms with Crippen LogP contribution in [0.2, 0.25) is 0 Å². The lowest BCUT2D eigenvalue weighted by molar-refractivity contribution is -0.137. The SMILES string of the molecule is CCC/C=C(\F)C(=O)OC. The first-order chi connectivity index (χ1) is 4.72. The molecular formula is C7H11FO2. The Bertz CT molecular complexity index is 141. The minimum atomic E-state index is -0.895. The van der Waals surface area contributed by atoms with Crippen molar-refractivity contribution in [2.45, 2.75) is 19.8 Å². The van der Waals surface area contributed by atoms with Crippen LogP contribution in [-0.2, 0) is 9.53 Å². The van der Waals surface area contributed by atoms with E-state index in [-0.39, 0.29) is 0 Å². The number of carbonyl (C=O) groups is 1. The fourth-order valence-corrected chi connectivity index (χ4v) is 0.452. The van der Waals surface area contributed by atoms with E-state index < -0.39 is 11.8 Å². The predicted octanol–water partition coefficient (Wildman–Crippen LogP) is 1.81. The number of methoxy groups -OCH3 is 1. The molecule has 0 heterocycles. The maximum atomic E-state index is 12.4. The molecule has 0 spiro atoms. The number of hydrogen-bond acceptors (Lipinski definition) is 2. The Balaban J connectivity index is 3.80. The summed E-state index contributed by atoms with van der Waals surface area (Å²) in [6.07, 6.45) is 2.62.